The Bertz CT molecular complexity index is 331. The van der Waals surface area contributed by atoms with Crippen molar-refractivity contribution in [1.82, 2.24) is 0 Å². The van der Waals surface area contributed by atoms with Crippen molar-refractivity contribution in [2.45, 2.75) is 38.7 Å². The largest absolute Gasteiger partial charge is 0.497 e. The first kappa shape index (κ1) is 12.4. The van der Waals surface area contributed by atoms with Crippen LogP contribution in [0.3, 0.4) is 0 Å². The minimum atomic E-state index is 0.494. The highest BCUT2D eigenvalue weighted by atomic mass is 16.5. The molecule has 1 saturated heterocycles. The fraction of sp³-hybridized carbons (Fsp3) is 0.600. The Morgan fingerprint density at radius 1 is 1.29 bits per heavy atom. The van der Waals surface area contributed by atoms with Crippen LogP contribution in [-0.2, 0) is 11.2 Å². The third kappa shape index (κ3) is 3.47. The van der Waals surface area contributed by atoms with Gasteiger partial charge in [0.05, 0.1) is 13.2 Å². The van der Waals surface area contributed by atoms with Gasteiger partial charge in [0, 0.05) is 6.61 Å². The number of rotatable bonds is 5. The second-order valence-electron chi connectivity index (χ2n) is 4.92. The van der Waals surface area contributed by atoms with E-state index in [-0.39, 0.29) is 0 Å². The van der Waals surface area contributed by atoms with Gasteiger partial charge in [-0.05, 0) is 49.3 Å². The minimum absolute atomic E-state index is 0.494. The van der Waals surface area contributed by atoms with Gasteiger partial charge in [-0.3, -0.25) is 0 Å². The molecule has 2 nitrogen and oxygen atoms in total. The van der Waals surface area contributed by atoms with E-state index in [0.29, 0.717) is 6.10 Å². The average molecular weight is 234 g/mol. The molecular formula is C15H22O2. The maximum absolute atomic E-state index is 5.72. The molecule has 0 aromatic heterocycles. The summed E-state index contributed by atoms with van der Waals surface area (Å²) >= 11 is 0. The number of methoxy groups -OCH3 is 1. The molecule has 0 unspecified atom stereocenters. The molecule has 1 fully saturated rings. The lowest BCUT2D eigenvalue weighted by Crippen LogP contribution is -2.13. The fourth-order valence-electron chi connectivity index (χ4n) is 2.42. The van der Waals surface area contributed by atoms with Gasteiger partial charge in [0.1, 0.15) is 5.75 Å². The molecule has 1 heterocycles. The molecule has 1 aliphatic rings. The van der Waals surface area contributed by atoms with Crippen LogP contribution < -0.4 is 4.74 Å². The lowest BCUT2D eigenvalue weighted by molar-refractivity contribution is 0.0854. The molecule has 0 radical (unpaired) electrons. The van der Waals surface area contributed by atoms with Crippen LogP contribution in [0.1, 0.15) is 31.7 Å². The second kappa shape index (κ2) is 6.06. The van der Waals surface area contributed by atoms with Crippen LogP contribution in [0.2, 0.25) is 0 Å². The number of ether oxygens (including phenoxy) is 2. The molecule has 0 aliphatic carbocycles. The molecule has 1 aromatic carbocycles. The van der Waals surface area contributed by atoms with E-state index in [1.54, 1.807) is 7.11 Å². The predicted octanol–water partition coefficient (Wildman–Crippen LogP) is 3.44. The van der Waals surface area contributed by atoms with Crippen LogP contribution in [0, 0.1) is 5.92 Å². The van der Waals surface area contributed by atoms with E-state index >= 15 is 0 Å². The average Bonchev–Trinajstić information content (AvgIpc) is 2.76. The highest BCUT2D eigenvalue weighted by Crippen LogP contribution is 2.24. The molecule has 0 N–H and O–H groups in total. The minimum Gasteiger partial charge on any atom is -0.497 e. The van der Waals surface area contributed by atoms with Gasteiger partial charge in [0.15, 0.2) is 0 Å². The molecule has 0 spiro atoms. The Kier molecular flexibility index (Phi) is 4.43. The van der Waals surface area contributed by atoms with Crippen LogP contribution in [0.4, 0.5) is 0 Å². The second-order valence-corrected chi connectivity index (χ2v) is 4.92. The van der Waals surface area contributed by atoms with Crippen LogP contribution in [0.15, 0.2) is 24.3 Å². The summed E-state index contributed by atoms with van der Waals surface area (Å²) in [6.07, 6.45) is 5.26. The van der Waals surface area contributed by atoms with E-state index in [1.165, 1.54) is 24.8 Å². The topological polar surface area (TPSA) is 18.5 Å². The van der Waals surface area contributed by atoms with Gasteiger partial charge in [-0.1, -0.05) is 19.1 Å². The third-order valence-corrected chi connectivity index (χ3v) is 3.65. The van der Waals surface area contributed by atoms with Gasteiger partial charge < -0.3 is 9.47 Å². The van der Waals surface area contributed by atoms with Gasteiger partial charge in [0.2, 0.25) is 0 Å². The first-order chi connectivity index (χ1) is 8.29. The smallest absolute Gasteiger partial charge is 0.118 e. The van der Waals surface area contributed by atoms with Gasteiger partial charge in [-0.25, -0.2) is 0 Å². The summed E-state index contributed by atoms with van der Waals surface area (Å²) < 4.78 is 10.9. The molecule has 0 bridgehead atoms. The van der Waals surface area contributed by atoms with E-state index < -0.39 is 0 Å². The zero-order valence-corrected chi connectivity index (χ0v) is 10.8. The lowest BCUT2D eigenvalue weighted by Gasteiger charge is -2.14. The van der Waals surface area contributed by atoms with E-state index in [2.05, 4.69) is 19.1 Å². The van der Waals surface area contributed by atoms with Crippen molar-refractivity contribution in [3.8, 4) is 5.75 Å². The monoisotopic (exact) mass is 234 g/mol. The third-order valence-electron chi connectivity index (χ3n) is 3.65. The normalized spacial score (nSPS) is 23.9. The number of aryl methyl sites for hydroxylation is 1. The first-order valence-electron chi connectivity index (χ1n) is 6.54. The van der Waals surface area contributed by atoms with Crippen molar-refractivity contribution in [3.63, 3.8) is 0 Å². The molecule has 17 heavy (non-hydrogen) atoms. The quantitative estimate of drug-likeness (QED) is 0.777. The van der Waals surface area contributed by atoms with Crippen molar-refractivity contribution >= 4 is 0 Å². The van der Waals surface area contributed by atoms with Crippen LogP contribution in [-0.4, -0.2) is 19.8 Å². The molecular weight excluding hydrogens is 212 g/mol. The Labute approximate surface area is 104 Å². The van der Waals surface area contributed by atoms with E-state index in [0.717, 1.165) is 24.7 Å². The number of benzene rings is 1. The molecule has 2 heteroatoms. The summed E-state index contributed by atoms with van der Waals surface area (Å²) in [5.74, 6) is 1.67. The van der Waals surface area contributed by atoms with Crippen molar-refractivity contribution in [2.24, 2.45) is 5.92 Å². The Morgan fingerprint density at radius 3 is 2.65 bits per heavy atom. The van der Waals surface area contributed by atoms with E-state index in [1.807, 2.05) is 12.1 Å². The molecule has 0 amide bonds. The van der Waals surface area contributed by atoms with Gasteiger partial charge >= 0.3 is 0 Å². The molecule has 94 valence electrons. The van der Waals surface area contributed by atoms with Crippen LogP contribution >= 0.6 is 0 Å². The standard InChI is InChI=1S/C15H22O2/c1-12-10-11-17-15(12)5-3-4-13-6-8-14(16-2)9-7-13/h6-9,12,15H,3-5,10-11H2,1-2H3/t12-,15+/m0/s1. The number of hydrogen-bond acceptors (Lipinski definition) is 2. The van der Waals surface area contributed by atoms with Crippen LogP contribution in [0.5, 0.6) is 5.75 Å². The summed E-state index contributed by atoms with van der Waals surface area (Å²) in [6, 6.07) is 8.36. The summed E-state index contributed by atoms with van der Waals surface area (Å²) in [5, 5.41) is 0. The maximum atomic E-state index is 5.72. The van der Waals surface area contributed by atoms with Crippen LogP contribution in [0.25, 0.3) is 0 Å². The van der Waals surface area contributed by atoms with E-state index in [4.69, 9.17) is 9.47 Å². The zero-order chi connectivity index (χ0) is 12.1. The van der Waals surface area contributed by atoms with Gasteiger partial charge in [-0.15, -0.1) is 0 Å². The predicted molar refractivity (Wildman–Crippen MR) is 69.5 cm³/mol. The lowest BCUT2D eigenvalue weighted by atomic mass is 9.98. The van der Waals surface area contributed by atoms with E-state index in [9.17, 15) is 0 Å². The number of hydrogen-bond donors (Lipinski definition) is 0. The highest BCUT2D eigenvalue weighted by molar-refractivity contribution is 5.27. The SMILES string of the molecule is COc1ccc(CCC[C@H]2OCC[C@@H]2C)cc1. The maximum Gasteiger partial charge on any atom is 0.118 e. The van der Waals surface area contributed by atoms with Crippen molar-refractivity contribution < 1.29 is 9.47 Å². The van der Waals surface area contributed by atoms with Gasteiger partial charge in [-0.2, -0.15) is 0 Å². The molecule has 2 rings (SSSR count). The zero-order valence-electron chi connectivity index (χ0n) is 10.8. The molecule has 1 aromatic rings. The van der Waals surface area contributed by atoms with Crippen molar-refractivity contribution in [1.29, 1.82) is 0 Å². The van der Waals surface area contributed by atoms with Crippen molar-refractivity contribution in [3.05, 3.63) is 29.8 Å². The fourth-order valence-corrected chi connectivity index (χ4v) is 2.42. The Balaban J connectivity index is 1.73. The molecule has 0 saturated carbocycles. The Hall–Kier alpha value is -1.02. The highest BCUT2D eigenvalue weighted by Gasteiger charge is 2.23. The first-order valence-corrected chi connectivity index (χ1v) is 6.54. The summed E-state index contributed by atoms with van der Waals surface area (Å²) in [6.45, 7) is 3.25. The Morgan fingerprint density at radius 2 is 2.06 bits per heavy atom. The summed E-state index contributed by atoms with van der Waals surface area (Å²) in [4.78, 5) is 0. The van der Waals surface area contributed by atoms with Gasteiger partial charge in [0.25, 0.3) is 0 Å². The summed E-state index contributed by atoms with van der Waals surface area (Å²) in [5.41, 5.74) is 1.39. The van der Waals surface area contributed by atoms with Crippen molar-refractivity contribution in [2.75, 3.05) is 13.7 Å². The molecule has 2 atom stereocenters. The summed E-state index contributed by atoms with van der Waals surface area (Å²) in [7, 11) is 1.70. The molecule has 1 aliphatic heterocycles.